The van der Waals surface area contributed by atoms with Gasteiger partial charge in [0, 0.05) is 13.2 Å². The van der Waals surface area contributed by atoms with Crippen molar-refractivity contribution in [3.63, 3.8) is 0 Å². The molecule has 2 aromatic heterocycles. The number of rotatable bonds is 5. The van der Waals surface area contributed by atoms with Crippen molar-refractivity contribution in [3.05, 3.63) is 52.7 Å². The first-order valence-corrected chi connectivity index (χ1v) is 8.31. The minimum atomic E-state index is -0.372. The van der Waals surface area contributed by atoms with E-state index < -0.39 is 0 Å². The van der Waals surface area contributed by atoms with Crippen LogP contribution in [0, 0.1) is 6.92 Å². The lowest BCUT2D eigenvalue weighted by Gasteiger charge is -2.05. The maximum Gasteiger partial charge on any atom is 0.315 e. The van der Waals surface area contributed by atoms with Gasteiger partial charge in [-0.1, -0.05) is 17.4 Å². The van der Waals surface area contributed by atoms with E-state index in [-0.39, 0.29) is 11.7 Å². The summed E-state index contributed by atoms with van der Waals surface area (Å²) in [5.74, 6) is -0.126. The lowest BCUT2D eigenvalue weighted by Crippen LogP contribution is -2.19. The van der Waals surface area contributed by atoms with Crippen LogP contribution in [0.1, 0.15) is 23.0 Å². The second-order valence-corrected chi connectivity index (χ2v) is 6.11. The van der Waals surface area contributed by atoms with Gasteiger partial charge in [-0.25, -0.2) is 0 Å². The molecule has 0 aliphatic carbocycles. The lowest BCUT2D eigenvalue weighted by atomic mass is 10.2. The SMILES string of the molecule is CCOCCn1c(=NC(=O)c2ccco2)sc2cc(C)ccc21. The van der Waals surface area contributed by atoms with E-state index in [0.717, 1.165) is 10.2 Å². The standard InChI is InChI=1S/C17H18N2O3S/c1-3-21-10-8-19-13-7-6-12(2)11-15(13)23-17(19)18-16(20)14-5-4-9-22-14/h4-7,9,11H,3,8,10H2,1-2H3. The van der Waals surface area contributed by atoms with Crippen LogP contribution in [0.25, 0.3) is 10.2 Å². The predicted molar refractivity (Wildman–Crippen MR) is 89.6 cm³/mol. The largest absolute Gasteiger partial charge is 0.459 e. The third-order valence-corrected chi connectivity index (χ3v) is 4.47. The smallest absolute Gasteiger partial charge is 0.315 e. The maximum atomic E-state index is 12.2. The van der Waals surface area contributed by atoms with Crippen LogP contribution in [0.15, 0.2) is 46.0 Å². The van der Waals surface area contributed by atoms with Gasteiger partial charge in [-0.15, -0.1) is 0 Å². The molecule has 0 unspecified atom stereocenters. The minimum Gasteiger partial charge on any atom is -0.459 e. The number of ether oxygens (including phenoxy) is 1. The van der Waals surface area contributed by atoms with Crippen LogP contribution in [0.3, 0.4) is 0 Å². The molecule has 2 heterocycles. The summed E-state index contributed by atoms with van der Waals surface area (Å²) in [6.45, 7) is 5.92. The third-order valence-electron chi connectivity index (χ3n) is 3.43. The molecule has 0 bridgehead atoms. The van der Waals surface area contributed by atoms with Gasteiger partial charge >= 0.3 is 5.91 Å². The monoisotopic (exact) mass is 330 g/mol. The average Bonchev–Trinajstić information content (AvgIpc) is 3.16. The first-order valence-electron chi connectivity index (χ1n) is 7.49. The Morgan fingerprint density at radius 3 is 3.00 bits per heavy atom. The maximum absolute atomic E-state index is 12.2. The van der Waals surface area contributed by atoms with Gasteiger partial charge in [0.15, 0.2) is 10.6 Å². The fourth-order valence-electron chi connectivity index (χ4n) is 2.32. The van der Waals surface area contributed by atoms with E-state index in [1.54, 1.807) is 12.1 Å². The van der Waals surface area contributed by atoms with E-state index in [2.05, 4.69) is 30.1 Å². The molecule has 1 aromatic carbocycles. The molecule has 0 fully saturated rings. The highest BCUT2D eigenvalue weighted by Gasteiger charge is 2.11. The number of aryl methyl sites for hydroxylation is 1. The van der Waals surface area contributed by atoms with Crippen molar-refractivity contribution < 1.29 is 13.9 Å². The zero-order valence-electron chi connectivity index (χ0n) is 13.1. The van der Waals surface area contributed by atoms with Gasteiger partial charge in [0.1, 0.15) is 0 Å². The Morgan fingerprint density at radius 1 is 1.39 bits per heavy atom. The summed E-state index contributed by atoms with van der Waals surface area (Å²) in [6.07, 6.45) is 1.47. The molecule has 0 saturated heterocycles. The van der Waals surface area contributed by atoms with Crippen LogP contribution in [-0.2, 0) is 11.3 Å². The molecular weight excluding hydrogens is 312 g/mol. The number of amides is 1. The number of thiazole rings is 1. The second-order valence-electron chi connectivity index (χ2n) is 5.10. The normalized spacial score (nSPS) is 12.2. The van der Waals surface area contributed by atoms with Crippen molar-refractivity contribution in [3.8, 4) is 0 Å². The first kappa shape index (κ1) is 15.7. The highest BCUT2D eigenvalue weighted by atomic mass is 32.1. The number of carbonyl (C=O) groups is 1. The summed E-state index contributed by atoms with van der Waals surface area (Å²) in [4.78, 5) is 17.1. The highest BCUT2D eigenvalue weighted by molar-refractivity contribution is 7.16. The topological polar surface area (TPSA) is 56.7 Å². The Kier molecular flexibility index (Phi) is 4.73. The summed E-state index contributed by atoms with van der Waals surface area (Å²) in [5, 5.41) is 0. The van der Waals surface area contributed by atoms with Crippen LogP contribution in [0.2, 0.25) is 0 Å². The Morgan fingerprint density at radius 2 is 2.26 bits per heavy atom. The van der Waals surface area contributed by atoms with Crippen molar-refractivity contribution in [2.45, 2.75) is 20.4 Å². The van der Waals surface area contributed by atoms with E-state index >= 15 is 0 Å². The molecule has 3 aromatic rings. The van der Waals surface area contributed by atoms with Crippen molar-refractivity contribution in [1.82, 2.24) is 4.57 Å². The van der Waals surface area contributed by atoms with Gasteiger partial charge in [0.05, 0.1) is 23.1 Å². The average molecular weight is 330 g/mol. The van der Waals surface area contributed by atoms with Gasteiger partial charge < -0.3 is 13.7 Å². The van der Waals surface area contributed by atoms with Gasteiger partial charge in [-0.2, -0.15) is 4.99 Å². The number of aromatic nitrogens is 1. The van der Waals surface area contributed by atoms with Crippen LogP contribution in [0.5, 0.6) is 0 Å². The molecule has 0 saturated carbocycles. The molecule has 0 atom stereocenters. The molecule has 0 N–H and O–H groups in total. The molecule has 120 valence electrons. The molecule has 5 nitrogen and oxygen atoms in total. The molecule has 1 amide bonds. The Bertz CT molecular complexity index is 875. The second kappa shape index (κ2) is 6.93. The summed E-state index contributed by atoms with van der Waals surface area (Å²) >= 11 is 1.50. The quantitative estimate of drug-likeness (QED) is 0.674. The summed E-state index contributed by atoms with van der Waals surface area (Å²) in [5.41, 5.74) is 2.24. The molecule has 0 spiro atoms. The van der Waals surface area contributed by atoms with Crippen LogP contribution in [-0.4, -0.2) is 23.7 Å². The van der Waals surface area contributed by atoms with Crippen LogP contribution < -0.4 is 4.80 Å². The van der Waals surface area contributed by atoms with E-state index in [1.165, 1.54) is 23.2 Å². The number of hydrogen-bond acceptors (Lipinski definition) is 4. The van der Waals surface area contributed by atoms with Crippen molar-refractivity contribution in [2.24, 2.45) is 4.99 Å². The molecular formula is C17H18N2O3S. The molecule has 3 rings (SSSR count). The van der Waals surface area contributed by atoms with Crippen LogP contribution in [0.4, 0.5) is 0 Å². The van der Waals surface area contributed by atoms with Gasteiger partial charge in [0.25, 0.3) is 0 Å². The zero-order chi connectivity index (χ0) is 16.2. The fraction of sp³-hybridized carbons (Fsp3) is 0.294. The van der Waals surface area contributed by atoms with E-state index in [1.807, 2.05) is 11.5 Å². The van der Waals surface area contributed by atoms with Crippen LogP contribution >= 0.6 is 11.3 Å². The van der Waals surface area contributed by atoms with E-state index in [4.69, 9.17) is 9.15 Å². The Labute approximate surface area is 137 Å². The zero-order valence-corrected chi connectivity index (χ0v) is 13.9. The molecule has 23 heavy (non-hydrogen) atoms. The Balaban J connectivity index is 2.06. The van der Waals surface area contributed by atoms with Gasteiger partial charge in [-0.3, -0.25) is 4.79 Å². The summed E-state index contributed by atoms with van der Waals surface area (Å²) in [7, 11) is 0. The van der Waals surface area contributed by atoms with Crippen molar-refractivity contribution in [2.75, 3.05) is 13.2 Å². The molecule has 0 radical (unpaired) electrons. The Hall–Kier alpha value is -2.18. The molecule has 0 aliphatic heterocycles. The van der Waals surface area contributed by atoms with Gasteiger partial charge in [0.2, 0.25) is 0 Å². The predicted octanol–water partition coefficient (Wildman–Crippen LogP) is 3.38. The fourth-order valence-corrected chi connectivity index (χ4v) is 3.48. The molecule has 0 aliphatic rings. The van der Waals surface area contributed by atoms with E-state index in [0.29, 0.717) is 24.6 Å². The first-order chi connectivity index (χ1) is 11.2. The highest BCUT2D eigenvalue weighted by Crippen LogP contribution is 2.19. The number of furan rings is 1. The minimum absolute atomic E-state index is 0.245. The van der Waals surface area contributed by atoms with Crippen molar-refractivity contribution >= 4 is 27.5 Å². The number of nitrogens with zero attached hydrogens (tertiary/aromatic N) is 2. The molecule has 6 heteroatoms. The number of benzene rings is 1. The number of fused-ring (bicyclic) bond motifs is 1. The van der Waals surface area contributed by atoms with Gasteiger partial charge in [-0.05, 0) is 43.7 Å². The third kappa shape index (κ3) is 3.43. The summed E-state index contributed by atoms with van der Waals surface area (Å²) < 4.78 is 13.7. The number of hydrogen-bond donors (Lipinski definition) is 0. The number of carbonyl (C=O) groups excluding carboxylic acids is 1. The summed E-state index contributed by atoms with van der Waals surface area (Å²) in [6, 6.07) is 9.52. The van der Waals surface area contributed by atoms with E-state index in [9.17, 15) is 4.79 Å². The van der Waals surface area contributed by atoms with Crippen molar-refractivity contribution in [1.29, 1.82) is 0 Å². The lowest BCUT2D eigenvalue weighted by molar-refractivity contribution is 0.0970.